The standard InChI is InChI=1S/C13H14N2O3/c16-10-4-3-5-11(17)12(10)13(18)14-6-9-15-7-1-2-8-15/h1-5,7-8,16-17H,6,9H2,(H,14,18). The van der Waals surface area contributed by atoms with Crippen LogP contribution in [0.25, 0.3) is 0 Å². The summed E-state index contributed by atoms with van der Waals surface area (Å²) in [7, 11) is 0. The highest BCUT2D eigenvalue weighted by molar-refractivity contribution is 5.99. The molecule has 0 aliphatic carbocycles. The van der Waals surface area contributed by atoms with Gasteiger partial charge in [-0.05, 0) is 24.3 Å². The van der Waals surface area contributed by atoms with Crippen LogP contribution in [0.5, 0.6) is 11.5 Å². The molecule has 0 atom stereocenters. The van der Waals surface area contributed by atoms with Gasteiger partial charge >= 0.3 is 0 Å². The SMILES string of the molecule is O=C(NCCn1cccc1)c1c(O)cccc1O. The van der Waals surface area contributed by atoms with E-state index in [9.17, 15) is 15.0 Å². The topological polar surface area (TPSA) is 74.5 Å². The maximum atomic E-state index is 11.8. The number of hydrogen-bond donors (Lipinski definition) is 3. The van der Waals surface area contributed by atoms with E-state index in [1.807, 2.05) is 29.1 Å². The molecule has 1 aromatic carbocycles. The fourth-order valence-electron chi connectivity index (χ4n) is 1.67. The minimum absolute atomic E-state index is 0.0926. The minimum Gasteiger partial charge on any atom is -0.507 e. The van der Waals surface area contributed by atoms with Crippen molar-refractivity contribution in [3.63, 3.8) is 0 Å². The third-order valence-corrected chi connectivity index (χ3v) is 2.57. The van der Waals surface area contributed by atoms with Crippen LogP contribution in [0.4, 0.5) is 0 Å². The summed E-state index contributed by atoms with van der Waals surface area (Å²) >= 11 is 0. The smallest absolute Gasteiger partial charge is 0.258 e. The highest BCUT2D eigenvalue weighted by Gasteiger charge is 2.14. The van der Waals surface area contributed by atoms with Crippen LogP contribution in [0.1, 0.15) is 10.4 Å². The van der Waals surface area contributed by atoms with Crippen LogP contribution in [0.3, 0.4) is 0 Å². The Morgan fingerprint density at radius 2 is 1.72 bits per heavy atom. The van der Waals surface area contributed by atoms with Gasteiger partial charge in [0.25, 0.3) is 5.91 Å². The molecule has 5 heteroatoms. The Morgan fingerprint density at radius 3 is 2.33 bits per heavy atom. The molecule has 5 nitrogen and oxygen atoms in total. The predicted molar refractivity (Wildman–Crippen MR) is 66.5 cm³/mol. The largest absolute Gasteiger partial charge is 0.507 e. The molecule has 0 saturated heterocycles. The van der Waals surface area contributed by atoms with E-state index in [1.54, 1.807) is 0 Å². The Hall–Kier alpha value is -2.43. The summed E-state index contributed by atoms with van der Waals surface area (Å²) in [5, 5.41) is 21.7. The number of amides is 1. The van der Waals surface area contributed by atoms with Crippen molar-refractivity contribution < 1.29 is 15.0 Å². The van der Waals surface area contributed by atoms with Gasteiger partial charge in [-0.3, -0.25) is 4.79 Å². The molecule has 1 aromatic heterocycles. The lowest BCUT2D eigenvalue weighted by Crippen LogP contribution is -2.27. The second-order valence-electron chi connectivity index (χ2n) is 3.85. The number of carbonyl (C=O) groups is 1. The third kappa shape index (κ3) is 2.63. The van der Waals surface area contributed by atoms with Crippen molar-refractivity contribution in [3.05, 3.63) is 48.3 Å². The number of rotatable bonds is 4. The third-order valence-electron chi connectivity index (χ3n) is 2.57. The zero-order chi connectivity index (χ0) is 13.0. The Labute approximate surface area is 104 Å². The number of nitrogens with one attached hydrogen (secondary N) is 1. The maximum Gasteiger partial charge on any atom is 0.258 e. The average Bonchev–Trinajstić information content (AvgIpc) is 2.82. The Bertz CT molecular complexity index is 515. The number of phenolic OH excluding ortho intramolecular Hbond substituents is 2. The maximum absolute atomic E-state index is 11.8. The molecular formula is C13H14N2O3. The lowest BCUT2D eigenvalue weighted by atomic mass is 10.1. The zero-order valence-corrected chi connectivity index (χ0v) is 9.71. The first kappa shape index (κ1) is 12.0. The van der Waals surface area contributed by atoms with E-state index in [0.717, 1.165) is 0 Å². The number of benzene rings is 1. The zero-order valence-electron chi connectivity index (χ0n) is 9.71. The lowest BCUT2D eigenvalue weighted by molar-refractivity contribution is 0.0947. The molecule has 2 aromatic rings. The van der Waals surface area contributed by atoms with E-state index in [2.05, 4.69) is 5.32 Å². The summed E-state index contributed by atoms with van der Waals surface area (Å²) in [5.41, 5.74) is -0.0926. The van der Waals surface area contributed by atoms with Gasteiger partial charge in [0.05, 0.1) is 0 Å². The van der Waals surface area contributed by atoms with E-state index in [1.165, 1.54) is 18.2 Å². The summed E-state index contributed by atoms with van der Waals surface area (Å²) in [4.78, 5) is 11.8. The second-order valence-corrected chi connectivity index (χ2v) is 3.85. The first-order chi connectivity index (χ1) is 8.68. The van der Waals surface area contributed by atoms with Crippen molar-refractivity contribution in [2.45, 2.75) is 6.54 Å². The number of carbonyl (C=O) groups excluding carboxylic acids is 1. The van der Waals surface area contributed by atoms with E-state index in [0.29, 0.717) is 13.1 Å². The van der Waals surface area contributed by atoms with Crippen LogP contribution in [-0.4, -0.2) is 27.2 Å². The molecule has 0 fully saturated rings. The van der Waals surface area contributed by atoms with Crippen LogP contribution in [-0.2, 0) is 6.54 Å². The van der Waals surface area contributed by atoms with Crippen LogP contribution in [0.2, 0.25) is 0 Å². The van der Waals surface area contributed by atoms with Gasteiger partial charge < -0.3 is 20.1 Å². The van der Waals surface area contributed by atoms with Crippen molar-refractivity contribution >= 4 is 5.91 Å². The van der Waals surface area contributed by atoms with Crippen molar-refractivity contribution in [2.24, 2.45) is 0 Å². The average molecular weight is 246 g/mol. The molecule has 1 heterocycles. The van der Waals surface area contributed by atoms with Gasteiger partial charge in [-0.2, -0.15) is 0 Å². The molecule has 0 bridgehead atoms. The summed E-state index contributed by atoms with van der Waals surface area (Å²) in [5.74, 6) is -0.945. The quantitative estimate of drug-likeness (QED) is 0.761. The molecule has 2 rings (SSSR count). The molecular weight excluding hydrogens is 232 g/mol. The minimum atomic E-state index is -0.488. The van der Waals surface area contributed by atoms with E-state index >= 15 is 0 Å². The van der Waals surface area contributed by atoms with Crippen LogP contribution >= 0.6 is 0 Å². The van der Waals surface area contributed by atoms with Crippen molar-refractivity contribution in [2.75, 3.05) is 6.54 Å². The van der Waals surface area contributed by atoms with Gasteiger partial charge in [0.2, 0.25) is 0 Å². The molecule has 0 saturated carbocycles. The molecule has 0 aliphatic rings. The molecule has 1 amide bonds. The van der Waals surface area contributed by atoms with E-state index in [-0.39, 0.29) is 17.1 Å². The van der Waals surface area contributed by atoms with Crippen LogP contribution in [0, 0.1) is 0 Å². The fraction of sp³-hybridized carbons (Fsp3) is 0.154. The first-order valence-corrected chi connectivity index (χ1v) is 5.58. The van der Waals surface area contributed by atoms with Gasteiger partial charge in [-0.1, -0.05) is 6.07 Å². The number of nitrogens with zero attached hydrogens (tertiary/aromatic N) is 1. The van der Waals surface area contributed by atoms with Crippen LogP contribution < -0.4 is 5.32 Å². The normalized spacial score (nSPS) is 10.2. The van der Waals surface area contributed by atoms with Crippen molar-refractivity contribution in [3.8, 4) is 11.5 Å². The Balaban J connectivity index is 1.96. The summed E-state index contributed by atoms with van der Waals surface area (Å²) in [6.07, 6.45) is 3.78. The first-order valence-electron chi connectivity index (χ1n) is 5.58. The molecule has 0 aliphatic heterocycles. The van der Waals surface area contributed by atoms with Crippen molar-refractivity contribution in [1.82, 2.24) is 9.88 Å². The van der Waals surface area contributed by atoms with Crippen molar-refractivity contribution in [1.29, 1.82) is 0 Å². The Kier molecular flexibility index (Phi) is 3.52. The van der Waals surface area contributed by atoms with E-state index in [4.69, 9.17) is 0 Å². The predicted octanol–water partition coefficient (Wildman–Crippen LogP) is 1.33. The van der Waals surface area contributed by atoms with Crippen LogP contribution in [0.15, 0.2) is 42.7 Å². The van der Waals surface area contributed by atoms with Gasteiger partial charge in [0.1, 0.15) is 17.1 Å². The molecule has 3 N–H and O–H groups in total. The highest BCUT2D eigenvalue weighted by atomic mass is 16.3. The van der Waals surface area contributed by atoms with Gasteiger partial charge in [0, 0.05) is 25.5 Å². The molecule has 0 spiro atoms. The molecule has 0 radical (unpaired) electrons. The molecule has 94 valence electrons. The summed E-state index contributed by atoms with van der Waals surface area (Å²) in [6, 6.07) is 8.00. The molecule has 18 heavy (non-hydrogen) atoms. The Morgan fingerprint density at radius 1 is 1.11 bits per heavy atom. The number of aromatic hydroxyl groups is 2. The number of phenols is 2. The highest BCUT2D eigenvalue weighted by Crippen LogP contribution is 2.25. The van der Waals surface area contributed by atoms with Gasteiger partial charge in [-0.25, -0.2) is 0 Å². The lowest BCUT2D eigenvalue weighted by Gasteiger charge is -2.08. The molecule has 0 unspecified atom stereocenters. The van der Waals surface area contributed by atoms with Gasteiger partial charge in [-0.15, -0.1) is 0 Å². The second kappa shape index (κ2) is 5.27. The number of hydrogen-bond acceptors (Lipinski definition) is 3. The fourth-order valence-corrected chi connectivity index (χ4v) is 1.67. The summed E-state index contributed by atoms with van der Waals surface area (Å²) in [6.45, 7) is 1.05. The van der Waals surface area contributed by atoms with Gasteiger partial charge in [0.15, 0.2) is 0 Å². The monoisotopic (exact) mass is 246 g/mol. The number of aromatic nitrogens is 1. The van der Waals surface area contributed by atoms with E-state index < -0.39 is 5.91 Å². The summed E-state index contributed by atoms with van der Waals surface area (Å²) < 4.78 is 1.92.